The highest BCUT2D eigenvalue weighted by Crippen LogP contribution is 2.22. The van der Waals surface area contributed by atoms with Gasteiger partial charge in [-0.1, -0.05) is 48.0 Å². The van der Waals surface area contributed by atoms with E-state index in [1.165, 1.54) is 5.56 Å². The highest BCUT2D eigenvalue weighted by atomic mass is 16.5. The van der Waals surface area contributed by atoms with E-state index < -0.39 is 12.0 Å². The number of carboxylic acids is 1. The monoisotopic (exact) mass is 419 g/mol. The quantitative estimate of drug-likeness (QED) is 0.492. The Hall–Kier alpha value is -3.22. The van der Waals surface area contributed by atoms with Crippen LogP contribution in [-0.4, -0.2) is 33.5 Å². The second kappa shape index (κ2) is 11.2. The summed E-state index contributed by atoms with van der Waals surface area (Å²) in [7, 11) is 0. The van der Waals surface area contributed by atoms with Crippen molar-refractivity contribution in [2.24, 2.45) is 5.73 Å². The molecule has 1 aromatic heterocycles. The van der Waals surface area contributed by atoms with Crippen molar-refractivity contribution in [3.8, 4) is 5.75 Å². The van der Waals surface area contributed by atoms with Crippen LogP contribution in [0.15, 0.2) is 73.1 Å². The lowest BCUT2D eigenvalue weighted by Gasteiger charge is -2.24. The number of pyridine rings is 1. The van der Waals surface area contributed by atoms with Crippen molar-refractivity contribution >= 4 is 5.97 Å². The Bertz CT molecular complexity index is 979. The summed E-state index contributed by atoms with van der Waals surface area (Å²) in [5, 5.41) is 9.14. The van der Waals surface area contributed by atoms with Gasteiger partial charge in [-0.25, -0.2) is 0 Å². The van der Waals surface area contributed by atoms with Gasteiger partial charge in [0.15, 0.2) is 0 Å². The first-order valence-corrected chi connectivity index (χ1v) is 10.4. The fraction of sp³-hybridized carbons (Fsp3) is 0.280. The topological polar surface area (TPSA) is 88.7 Å². The van der Waals surface area contributed by atoms with Crippen LogP contribution in [0.25, 0.3) is 0 Å². The fourth-order valence-electron chi connectivity index (χ4n) is 3.38. The zero-order chi connectivity index (χ0) is 22.1. The molecule has 162 valence electrons. The predicted molar refractivity (Wildman–Crippen MR) is 121 cm³/mol. The number of aliphatic carboxylic acids is 1. The van der Waals surface area contributed by atoms with Gasteiger partial charge in [-0.05, 0) is 42.7 Å². The van der Waals surface area contributed by atoms with Crippen LogP contribution in [0.4, 0.5) is 0 Å². The van der Waals surface area contributed by atoms with E-state index >= 15 is 0 Å². The molecule has 6 heteroatoms. The standard InChI is InChI=1S/C25H29N3O3/c1-19-5-4-6-21(15-19)18-31-24-8-3-2-7-22(24)17-28(14-11-23(26)25(29)30)16-20-9-12-27-13-10-20/h2-10,12-13,15,23H,11,14,16-18,26H2,1H3,(H,29,30). The third-order valence-electron chi connectivity index (χ3n) is 5.07. The molecule has 0 aliphatic carbocycles. The van der Waals surface area contributed by atoms with E-state index in [-0.39, 0.29) is 0 Å². The number of carbonyl (C=O) groups is 1. The summed E-state index contributed by atoms with van der Waals surface area (Å²) in [5.41, 5.74) is 10.2. The average Bonchev–Trinajstić information content (AvgIpc) is 2.77. The smallest absolute Gasteiger partial charge is 0.320 e. The Balaban J connectivity index is 1.72. The molecule has 0 bridgehead atoms. The van der Waals surface area contributed by atoms with Gasteiger partial charge >= 0.3 is 5.97 Å². The maximum atomic E-state index is 11.2. The number of nitrogens with two attached hydrogens (primary N) is 1. The number of carboxylic acid groups (broad SMARTS) is 1. The van der Waals surface area contributed by atoms with Gasteiger partial charge in [-0.2, -0.15) is 0 Å². The number of rotatable bonds is 11. The van der Waals surface area contributed by atoms with E-state index in [2.05, 4.69) is 35.0 Å². The minimum absolute atomic E-state index is 0.368. The van der Waals surface area contributed by atoms with Crippen molar-refractivity contribution in [2.75, 3.05) is 6.54 Å². The lowest BCUT2D eigenvalue weighted by molar-refractivity contribution is -0.138. The van der Waals surface area contributed by atoms with Gasteiger partial charge in [0.05, 0.1) is 0 Å². The summed E-state index contributed by atoms with van der Waals surface area (Å²) in [6.07, 6.45) is 3.89. The molecule has 1 unspecified atom stereocenters. The van der Waals surface area contributed by atoms with E-state index in [0.29, 0.717) is 32.7 Å². The molecule has 0 aliphatic heterocycles. The minimum Gasteiger partial charge on any atom is -0.489 e. The molecule has 1 heterocycles. The Morgan fingerprint density at radius 1 is 1.06 bits per heavy atom. The van der Waals surface area contributed by atoms with Gasteiger partial charge in [0.25, 0.3) is 0 Å². The molecule has 0 spiro atoms. The Morgan fingerprint density at radius 3 is 2.58 bits per heavy atom. The highest BCUT2D eigenvalue weighted by molar-refractivity contribution is 5.73. The van der Waals surface area contributed by atoms with Crippen molar-refractivity contribution in [3.63, 3.8) is 0 Å². The van der Waals surface area contributed by atoms with E-state index in [4.69, 9.17) is 15.6 Å². The van der Waals surface area contributed by atoms with Crippen LogP contribution in [0.2, 0.25) is 0 Å². The molecule has 6 nitrogen and oxygen atoms in total. The third kappa shape index (κ3) is 7.20. The van der Waals surface area contributed by atoms with Crippen molar-refractivity contribution in [1.82, 2.24) is 9.88 Å². The Labute approximate surface area is 183 Å². The molecule has 3 rings (SSSR count). The first kappa shape index (κ1) is 22.5. The maximum Gasteiger partial charge on any atom is 0.320 e. The number of nitrogens with zero attached hydrogens (tertiary/aromatic N) is 2. The number of hydrogen-bond donors (Lipinski definition) is 2. The zero-order valence-electron chi connectivity index (χ0n) is 17.8. The normalized spacial score (nSPS) is 12.0. The summed E-state index contributed by atoms with van der Waals surface area (Å²) < 4.78 is 6.14. The first-order chi connectivity index (χ1) is 15.0. The summed E-state index contributed by atoms with van der Waals surface area (Å²) in [4.78, 5) is 17.4. The molecule has 3 N–H and O–H groups in total. The molecule has 0 saturated heterocycles. The molecular weight excluding hydrogens is 390 g/mol. The molecule has 3 aromatic rings. The number of benzene rings is 2. The Morgan fingerprint density at radius 2 is 1.84 bits per heavy atom. The average molecular weight is 420 g/mol. The summed E-state index contributed by atoms with van der Waals surface area (Å²) in [6, 6.07) is 19.3. The van der Waals surface area contributed by atoms with Gasteiger partial charge < -0.3 is 15.6 Å². The molecule has 0 saturated carbocycles. The van der Waals surface area contributed by atoms with E-state index in [1.54, 1.807) is 12.4 Å². The lowest BCUT2D eigenvalue weighted by atomic mass is 10.1. The lowest BCUT2D eigenvalue weighted by Crippen LogP contribution is -2.35. The van der Waals surface area contributed by atoms with E-state index in [0.717, 1.165) is 22.4 Å². The summed E-state index contributed by atoms with van der Waals surface area (Å²) in [5.74, 6) is -0.156. The summed E-state index contributed by atoms with van der Waals surface area (Å²) in [6.45, 7) is 4.41. The van der Waals surface area contributed by atoms with E-state index in [9.17, 15) is 4.79 Å². The van der Waals surface area contributed by atoms with Crippen LogP contribution in [0.5, 0.6) is 5.75 Å². The van der Waals surface area contributed by atoms with Crippen LogP contribution in [0, 0.1) is 6.92 Å². The Kier molecular flexibility index (Phi) is 8.15. The molecule has 31 heavy (non-hydrogen) atoms. The number of hydrogen-bond acceptors (Lipinski definition) is 5. The highest BCUT2D eigenvalue weighted by Gasteiger charge is 2.16. The first-order valence-electron chi connectivity index (χ1n) is 10.4. The van der Waals surface area contributed by atoms with Crippen molar-refractivity contribution in [3.05, 3.63) is 95.3 Å². The molecular formula is C25H29N3O3. The minimum atomic E-state index is -0.981. The van der Waals surface area contributed by atoms with Gasteiger partial charge in [0, 0.05) is 37.6 Å². The van der Waals surface area contributed by atoms with Gasteiger partial charge in [-0.3, -0.25) is 14.7 Å². The second-order valence-corrected chi connectivity index (χ2v) is 7.68. The van der Waals surface area contributed by atoms with Crippen LogP contribution in [0.1, 0.15) is 28.7 Å². The summed E-state index contributed by atoms with van der Waals surface area (Å²) >= 11 is 0. The van der Waals surface area contributed by atoms with Crippen molar-refractivity contribution in [1.29, 1.82) is 0 Å². The van der Waals surface area contributed by atoms with Crippen LogP contribution < -0.4 is 10.5 Å². The predicted octanol–water partition coefficient (Wildman–Crippen LogP) is 3.77. The molecule has 0 radical (unpaired) electrons. The fourth-order valence-corrected chi connectivity index (χ4v) is 3.38. The van der Waals surface area contributed by atoms with Crippen molar-refractivity contribution < 1.29 is 14.6 Å². The number of ether oxygens (including phenoxy) is 1. The molecule has 1 atom stereocenters. The zero-order valence-corrected chi connectivity index (χ0v) is 17.8. The van der Waals surface area contributed by atoms with Gasteiger partial charge in [-0.15, -0.1) is 0 Å². The second-order valence-electron chi connectivity index (χ2n) is 7.68. The van der Waals surface area contributed by atoms with Crippen molar-refractivity contribution in [2.45, 2.75) is 39.1 Å². The number of para-hydroxylation sites is 1. The maximum absolute atomic E-state index is 11.2. The van der Waals surface area contributed by atoms with E-state index in [1.807, 2.05) is 42.5 Å². The van der Waals surface area contributed by atoms with Crippen LogP contribution in [-0.2, 0) is 24.5 Å². The van der Waals surface area contributed by atoms with Gasteiger partial charge in [0.2, 0.25) is 0 Å². The largest absolute Gasteiger partial charge is 0.489 e. The number of aromatic nitrogens is 1. The molecule has 2 aromatic carbocycles. The van der Waals surface area contributed by atoms with Crippen LogP contribution >= 0.6 is 0 Å². The third-order valence-corrected chi connectivity index (χ3v) is 5.07. The SMILES string of the molecule is Cc1cccc(COc2ccccc2CN(CCC(N)C(=O)O)Cc2ccncc2)c1. The molecule has 0 aliphatic rings. The van der Waals surface area contributed by atoms with Gasteiger partial charge in [0.1, 0.15) is 18.4 Å². The molecule has 0 fully saturated rings. The molecule has 0 amide bonds. The number of aryl methyl sites for hydroxylation is 1. The van der Waals surface area contributed by atoms with Crippen LogP contribution in [0.3, 0.4) is 0 Å².